The highest BCUT2D eigenvalue weighted by molar-refractivity contribution is 7.10. The average Bonchev–Trinajstić information content (AvgIpc) is 3.17. The number of hydrogen-bond acceptors (Lipinski definition) is 2. The summed E-state index contributed by atoms with van der Waals surface area (Å²) < 4.78 is 0. The summed E-state index contributed by atoms with van der Waals surface area (Å²) in [6.07, 6.45) is 0. The van der Waals surface area contributed by atoms with Gasteiger partial charge in [-0.15, -0.1) is 11.3 Å². The van der Waals surface area contributed by atoms with Gasteiger partial charge in [0, 0.05) is 5.56 Å². The molecule has 4 nitrogen and oxygen atoms in total. The molecule has 1 aliphatic heterocycles. The first kappa shape index (κ1) is 19.1. The Morgan fingerprint density at radius 3 is 2.42 bits per heavy atom. The lowest BCUT2D eigenvalue weighted by Gasteiger charge is -2.36. The van der Waals surface area contributed by atoms with E-state index in [9.17, 15) is 4.79 Å². The number of thiophene rings is 1. The molecule has 1 aliphatic rings. The van der Waals surface area contributed by atoms with Crippen molar-refractivity contribution in [3.05, 3.63) is 57.8 Å². The fourth-order valence-electron chi connectivity index (χ4n) is 3.94. The average molecular weight is 374 g/mol. The molecule has 0 unspecified atom stereocenters. The third-order valence-corrected chi connectivity index (χ3v) is 6.52. The lowest BCUT2D eigenvalue weighted by atomic mass is 10.0. The summed E-state index contributed by atoms with van der Waals surface area (Å²) in [5, 5.41) is 5.41. The van der Waals surface area contributed by atoms with E-state index in [1.54, 1.807) is 21.1 Å². The standard InChI is InChI=1S/C21H29N3OS/c1-4-23-11-13-24(14-12-23)20(19-6-5-15-26-19)17(3)22-21(25)18-9-7-16(2)8-10-18/h5-10,15,17,20H,4,11-14H2,1-3H3,(H,22,25)/p+2/t17-,20+/m1/s1. The molecular weight excluding hydrogens is 342 g/mol. The molecule has 3 rings (SSSR count). The second-order valence-electron chi connectivity index (χ2n) is 7.38. The zero-order valence-electron chi connectivity index (χ0n) is 16.0. The number of rotatable bonds is 6. The minimum absolute atomic E-state index is 0.0243. The van der Waals surface area contributed by atoms with Gasteiger partial charge in [-0.05, 0) is 44.4 Å². The summed E-state index contributed by atoms with van der Waals surface area (Å²) in [6.45, 7) is 12.4. The summed E-state index contributed by atoms with van der Waals surface area (Å²) in [6, 6.07) is 12.6. The van der Waals surface area contributed by atoms with E-state index in [1.165, 1.54) is 30.1 Å². The highest BCUT2D eigenvalue weighted by Gasteiger charge is 2.35. The van der Waals surface area contributed by atoms with Crippen LogP contribution in [0.4, 0.5) is 0 Å². The molecule has 2 atom stereocenters. The molecule has 0 aliphatic carbocycles. The molecule has 0 saturated carbocycles. The molecule has 2 heterocycles. The third kappa shape index (κ3) is 4.53. The van der Waals surface area contributed by atoms with Gasteiger partial charge in [0.25, 0.3) is 5.91 Å². The molecule has 1 fully saturated rings. The van der Waals surface area contributed by atoms with Crippen molar-refractivity contribution >= 4 is 17.2 Å². The van der Waals surface area contributed by atoms with Crippen LogP contribution in [0.15, 0.2) is 41.8 Å². The lowest BCUT2D eigenvalue weighted by molar-refractivity contribution is -1.03. The van der Waals surface area contributed by atoms with Crippen molar-refractivity contribution in [2.24, 2.45) is 0 Å². The van der Waals surface area contributed by atoms with Crippen LogP contribution in [0.1, 0.15) is 40.7 Å². The Morgan fingerprint density at radius 1 is 1.15 bits per heavy atom. The number of carbonyl (C=O) groups is 1. The number of aryl methyl sites for hydroxylation is 1. The van der Waals surface area contributed by atoms with E-state index in [-0.39, 0.29) is 11.9 Å². The molecule has 1 aromatic heterocycles. The molecule has 5 heteroatoms. The lowest BCUT2D eigenvalue weighted by Crippen LogP contribution is -3.28. The van der Waals surface area contributed by atoms with Gasteiger partial charge in [-0.1, -0.05) is 23.8 Å². The number of nitrogens with one attached hydrogen (secondary N) is 3. The maximum Gasteiger partial charge on any atom is 0.251 e. The quantitative estimate of drug-likeness (QED) is 0.686. The van der Waals surface area contributed by atoms with E-state index in [4.69, 9.17) is 0 Å². The Morgan fingerprint density at radius 2 is 1.85 bits per heavy atom. The number of amides is 1. The minimum Gasteiger partial charge on any atom is -0.343 e. The first-order valence-corrected chi connectivity index (χ1v) is 10.6. The van der Waals surface area contributed by atoms with Gasteiger partial charge in [-0.3, -0.25) is 4.79 Å². The van der Waals surface area contributed by atoms with Crippen LogP contribution in [0, 0.1) is 6.92 Å². The van der Waals surface area contributed by atoms with Crippen molar-refractivity contribution < 1.29 is 14.6 Å². The smallest absolute Gasteiger partial charge is 0.251 e. The van der Waals surface area contributed by atoms with Crippen LogP contribution >= 0.6 is 11.3 Å². The molecule has 2 aromatic rings. The van der Waals surface area contributed by atoms with Crippen LogP contribution in [-0.2, 0) is 0 Å². The first-order valence-electron chi connectivity index (χ1n) is 9.67. The monoisotopic (exact) mass is 373 g/mol. The zero-order valence-corrected chi connectivity index (χ0v) is 16.9. The van der Waals surface area contributed by atoms with Crippen molar-refractivity contribution in [2.75, 3.05) is 32.7 Å². The zero-order chi connectivity index (χ0) is 18.5. The van der Waals surface area contributed by atoms with Gasteiger partial charge in [0.05, 0.1) is 17.5 Å². The van der Waals surface area contributed by atoms with Crippen molar-refractivity contribution in [3.63, 3.8) is 0 Å². The van der Waals surface area contributed by atoms with E-state index in [0.29, 0.717) is 6.04 Å². The molecule has 1 amide bonds. The molecule has 140 valence electrons. The Balaban J connectivity index is 1.72. The van der Waals surface area contributed by atoms with Gasteiger partial charge in [0.1, 0.15) is 32.2 Å². The van der Waals surface area contributed by atoms with Gasteiger partial charge in [0.15, 0.2) is 0 Å². The van der Waals surface area contributed by atoms with Gasteiger partial charge in [-0.25, -0.2) is 0 Å². The van der Waals surface area contributed by atoms with Gasteiger partial charge in [0.2, 0.25) is 0 Å². The van der Waals surface area contributed by atoms with Crippen LogP contribution in [-0.4, -0.2) is 44.7 Å². The summed E-state index contributed by atoms with van der Waals surface area (Å²) >= 11 is 1.81. The maximum atomic E-state index is 12.7. The number of hydrogen-bond donors (Lipinski definition) is 3. The van der Waals surface area contributed by atoms with Crippen LogP contribution in [0.25, 0.3) is 0 Å². The maximum absolute atomic E-state index is 12.7. The van der Waals surface area contributed by atoms with Gasteiger partial charge in [-0.2, -0.15) is 0 Å². The van der Waals surface area contributed by atoms with Crippen LogP contribution in [0.3, 0.4) is 0 Å². The fraction of sp³-hybridized carbons (Fsp3) is 0.476. The molecule has 3 N–H and O–H groups in total. The second kappa shape index (κ2) is 8.80. The largest absolute Gasteiger partial charge is 0.343 e. The van der Waals surface area contributed by atoms with E-state index in [0.717, 1.165) is 18.7 Å². The minimum atomic E-state index is 0.0243. The highest BCUT2D eigenvalue weighted by Crippen LogP contribution is 2.20. The molecular formula is C21H31N3OS+2. The Kier molecular flexibility index (Phi) is 6.46. The Hall–Kier alpha value is -1.69. The summed E-state index contributed by atoms with van der Waals surface area (Å²) in [5.41, 5.74) is 1.91. The topological polar surface area (TPSA) is 38.0 Å². The van der Waals surface area contributed by atoms with Crippen molar-refractivity contribution in [1.29, 1.82) is 0 Å². The summed E-state index contributed by atoms with van der Waals surface area (Å²) in [5.74, 6) is 0.0243. The van der Waals surface area contributed by atoms with Crippen LogP contribution in [0.2, 0.25) is 0 Å². The summed E-state index contributed by atoms with van der Waals surface area (Å²) in [7, 11) is 0. The third-order valence-electron chi connectivity index (χ3n) is 5.56. The van der Waals surface area contributed by atoms with Crippen LogP contribution in [0.5, 0.6) is 0 Å². The molecule has 1 aromatic carbocycles. The molecule has 1 saturated heterocycles. The molecule has 26 heavy (non-hydrogen) atoms. The van der Waals surface area contributed by atoms with Gasteiger partial charge < -0.3 is 15.1 Å². The second-order valence-corrected chi connectivity index (χ2v) is 8.36. The molecule has 0 spiro atoms. The van der Waals surface area contributed by atoms with E-state index < -0.39 is 0 Å². The fourth-order valence-corrected chi connectivity index (χ4v) is 4.93. The molecule has 0 bridgehead atoms. The number of likely N-dealkylation sites (N-methyl/N-ethyl adjacent to an activating group) is 1. The van der Waals surface area contributed by atoms with Crippen molar-refractivity contribution in [1.82, 2.24) is 5.32 Å². The number of piperazine rings is 1. The predicted molar refractivity (Wildman–Crippen MR) is 107 cm³/mol. The Labute approximate surface area is 160 Å². The Bertz CT molecular complexity index is 691. The van der Waals surface area contributed by atoms with Crippen LogP contribution < -0.4 is 15.1 Å². The number of quaternary nitrogens is 2. The normalized spacial score (nSPS) is 22.6. The molecule has 0 radical (unpaired) electrons. The first-order chi connectivity index (χ1) is 12.6. The highest BCUT2D eigenvalue weighted by atomic mass is 32.1. The number of benzene rings is 1. The summed E-state index contributed by atoms with van der Waals surface area (Å²) in [4.78, 5) is 17.4. The SMILES string of the molecule is CC[NH+]1CC[NH+]([C@H](c2cccs2)[C@@H](C)NC(=O)c2ccc(C)cc2)CC1. The predicted octanol–water partition coefficient (Wildman–Crippen LogP) is 0.719. The van der Waals surface area contributed by atoms with Crippen molar-refractivity contribution in [2.45, 2.75) is 32.9 Å². The van der Waals surface area contributed by atoms with Gasteiger partial charge >= 0.3 is 0 Å². The van der Waals surface area contributed by atoms with E-state index in [1.807, 2.05) is 31.2 Å². The van der Waals surface area contributed by atoms with Crippen molar-refractivity contribution in [3.8, 4) is 0 Å². The van der Waals surface area contributed by atoms with E-state index >= 15 is 0 Å². The number of carbonyl (C=O) groups excluding carboxylic acids is 1. The van der Waals surface area contributed by atoms with E-state index in [2.05, 4.69) is 36.7 Å².